The number of hydrogen-bond donors (Lipinski definition) is 1. The van der Waals surface area contributed by atoms with Crippen LogP contribution in [0.4, 0.5) is 5.69 Å². The van der Waals surface area contributed by atoms with Crippen LogP contribution in [0, 0.1) is 6.92 Å². The first kappa shape index (κ1) is 17.2. The van der Waals surface area contributed by atoms with Crippen LogP contribution in [0.5, 0.6) is 11.5 Å². The van der Waals surface area contributed by atoms with Crippen molar-refractivity contribution >= 4 is 23.2 Å². The predicted molar refractivity (Wildman–Crippen MR) is 92.5 cm³/mol. The van der Waals surface area contributed by atoms with Gasteiger partial charge in [-0.3, -0.25) is 4.79 Å². The summed E-state index contributed by atoms with van der Waals surface area (Å²) in [7, 11) is 1.60. The van der Waals surface area contributed by atoms with E-state index in [-0.39, 0.29) is 5.91 Å². The molecule has 0 aliphatic rings. The zero-order valence-electron chi connectivity index (χ0n) is 13.4. The summed E-state index contributed by atoms with van der Waals surface area (Å²) in [6.07, 6.45) is -0.0286. The zero-order chi connectivity index (χ0) is 16.8. The fraction of sp³-hybridized carbons (Fsp3) is 0.278. The molecule has 0 aliphatic heterocycles. The van der Waals surface area contributed by atoms with Crippen LogP contribution in [0.1, 0.15) is 18.9 Å². The van der Waals surface area contributed by atoms with Crippen molar-refractivity contribution in [1.29, 1.82) is 0 Å². The van der Waals surface area contributed by atoms with E-state index in [1.807, 2.05) is 19.9 Å². The molecule has 1 unspecified atom stereocenters. The molecule has 0 aliphatic carbocycles. The molecule has 0 heterocycles. The zero-order valence-corrected chi connectivity index (χ0v) is 14.2. The molecule has 0 saturated heterocycles. The number of carbonyl (C=O) groups is 1. The molecule has 0 fully saturated rings. The Morgan fingerprint density at radius 1 is 1.17 bits per heavy atom. The van der Waals surface area contributed by atoms with Gasteiger partial charge >= 0.3 is 0 Å². The lowest BCUT2D eigenvalue weighted by Crippen LogP contribution is -2.32. The van der Waals surface area contributed by atoms with Gasteiger partial charge in [0.2, 0.25) is 0 Å². The molecular weight excluding hydrogens is 314 g/mol. The Morgan fingerprint density at radius 2 is 1.83 bits per heavy atom. The minimum absolute atomic E-state index is 0.200. The molecule has 4 nitrogen and oxygen atoms in total. The van der Waals surface area contributed by atoms with Crippen LogP contribution >= 0.6 is 11.6 Å². The molecule has 0 bridgehead atoms. The molecule has 23 heavy (non-hydrogen) atoms. The second-order valence-corrected chi connectivity index (χ2v) is 5.50. The van der Waals surface area contributed by atoms with Gasteiger partial charge in [0.25, 0.3) is 5.91 Å². The van der Waals surface area contributed by atoms with Gasteiger partial charge in [-0.15, -0.1) is 0 Å². The Morgan fingerprint density at radius 3 is 2.43 bits per heavy atom. The standard InChI is InChI=1S/C18H20ClNO3/c1-4-17(23-14-10-8-13(22-3)9-11-14)18(21)20-16-7-5-6-15(19)12(16)2/h5-11,17H,4H2,1-3H3,(H,20,21). The summed E-state index contributed by atoms with van der Waals surface area (Å²) in [6, 6.07) is 12.5. The Kier molecular flexibility index (Phi) is 5.88. The minimum Gasteiger partial charge on any atom is -0.497 e. The summed E-state index contributed by atoms with van der Waals surface area (Å²) in [5, 5.41) is 3.49. The van der Waals surface area contributed by atoms with Crippen LogP contribution in [0.3, 0.4) is 0 Å². The van der Waals surface area contributed by atoms with E-state index < -0.39 is 6.10 Å². The van der Waals surface area contributed by atoms with Crippen molar-refractivity contribution < 1.29 is 14.3 Å². The lowest BCUT2D eigenvalue weighted by Gasteiger charge is -2.18. The lowest BCUT2D eigenvalue weighted by molar-refractivity contribution is -0.122. The predicted octanol–water partition coefficient (Wildman–Crippen LogP) is 4.45. The van der Waals surface area contributed by atoms with Crippen LogP contribution in [-0.4, -0.2) is 19.1 Å². The van der Waals surface area contributed by atoms with Gasteiger partial charge in [-0.25, -0.2) is 0 Å². The third-order valence-corrected chi connectivity index (χ3v) is 3.94. The number of amides is 1. The normalized spacial score (nSPS) is 11.7. The summed E-state index contributed by atoms with van der Waals surface area (Å²) < 4.78 is 10.9. The second kappa shape index (κ2) is 7.88. The van der Waals surface area contributed by atoms with Crippen LogP contribution in [-0.2, 0) is 4.79 Å². The highest BCUT2D eigenvalue weighted by atomic mass is 35.5. The van der Waals surface area contributed by atoms with Crippen LogP contribution < -0.4 is 14.8 Å². The fourth-order valence-electron chi connectivity index (χ4n) is 2.10. The van der Waals surface area contributed by atoms with E-state index in [9.17, 15) is 4.79 Å². The van der Waals surface area contributed by atoms with Crippen molar-refractivity contribution in [2.75, 3.05) is 12.4 Å². The van der Waals surface area contributed by atoms with E-state index in [1.54, 1.807) is 43.5 Å². The molecular formula is C18H20ClNO3. The molecule has 1 atom stereocenters. The highest BCUT2D eigenvalue weighted by Crippen LogP contribution is 2.24. The Labute approximate surface area is 141 Å². The number of nitrogens with one attached hydrogen (secondary N) is 1. The topological polar surface area (TPSA) is 47.6 Å². The van der Waals surface area contributed by atoms with Crippen molar-refractivity contribution in [2.45, 2.75) is 26.4 Å². The molecule has 5 heteroatoms. The van der Waals surface area contributed by atoms with Crippen molar-refractivity contribution in [3.63, 3.8) is 0 Å². The monoisotopic (exact) mass is 333 g/mol. The van der Waals surface area contributed by atoms with Crippen molar-refractivity contribution in [3.05, 3.63) is 53.1 Å². The van der Waals surface area contributed by atoms with Crippen molar-refractivity contribution in [2.24, 2.45) is 0 Å². The third kappa shape index (κ3) is 4.39. The van der Waals surface area contributed by atoms with E-state index in [4.69, 9.17) is 21.1 Å². The Bertz CT molecular complexity index is 670. The summed E-state index contributed by atoms with van der Waals surface area (Å²) >= 11 is 6.07. The number of ether oxygens (including phenoxy) is 2. The molecule has 0 radical (unpaired) electrons. The van der Waals surface area contributed by atoms with Crippen molar-refractivity contribution in [3.8, 4) is 11.5 Å². The van der Waals surface area contributed by atoms with E-state index in [1.165, 1.54) is 0 Å². The molecule has 0 saturated carbocycles. The van der Waals surface area contributed by atoms with Gasteiger partial charge in [0.1, 0.15) is 11.5 Å². The van der Waals surface area contributed by atoms with Gasteiger partial charge in [0, 0.05) is 10.7 Å². The van der Waals surface area contributed by atoms with Crippen LogP contribution in [0.15, 0.2) is 42.5 Å². The smallest absolute Gasteiger partial charge is 0.265 e. The summed E-state index contributed by atoms with van der Waals surface area (Å²) in [5.74, 6) is 1.16. The van der Waals surface area contributed by atoms with Crippen LogP contribution in [0.25, 0.3) is 0 Å². The average molecular weight is 334 g/mol. The van der Waals surface area contributed by atoms with E-state index in [2.05, 4.69) is 5.32 Å². The molecule has 2 aromatic rings. The first-order chi connectivity index (χ1) is 11.0. The number of methoxy groups -OCH3 is 1. The quantitative estimate of drug-likeness (QED) is 0.849. The summed E-state index contributed by atoms with van der Waals surface area (Å²) in [4.78, 5) is 12.4. The van der Waals surface area contributed by atoms with E-state index >= 15 is 0 Å². The molecule has 0 spiro atoms. The molecule has 0 aromatic heterocycles. The maximum atomic E-state index is 12.4. The summed E-state index contributed by atoms with van der Waals surface area (Å²) in [6.45, 7) is 3.77. The second-order valence-electron chi connectivity index (χ2n) is 5.09. The Hall–Kier alpha value is -2.20. The number of anilines is 1. The maximum absolute atomic E-state index is 12.4. The van der Waals surface area contributed by atoms with Crippen LogP contribution in [0.2, 0.25) is 5.02 Å². The highest BCUT2D eigenvalue weighted by Gasteiger charge is 2.19. The summed E-state index contributed by atoms with van der Waals surface area (Å²) in [5.41, 5.74) is 1.53. The van der Waals surface area contributed by atoms with Gasteiger partial charge in [-0.1, -0.05) is 24.6 Å². The molecule has 1 N–H and O–H groups in total. The van der Waals surface area contributed by atoms with E-state index in [0.29, 0.717) is 22.9 Å². The minimum atomic E-state index is -0.582. The first-order valence-electron chi connectivity index (χ1n) is 7.41. The number of hydrogen-bond acceptors (Lipinski definition) is 3. The number of rotatable bonds is 6. The number of halogens is 1. The highest BCUT2D eigenvalue weighted by molar-refractivity contribution is 6.31. The SMILES string of the molecule is CCC(Oc1ccc(OC)cc1)C(=O)Nc1cccc(Cl)c1C. The lowest BCUT2D eigenvalue weighted by atomic mass is 10.2. The van der Waals surface area contributed by atoms with Gasteiger partial charge < -0.3 is 14.8 Å². The molecule has 2 aromatic carbocycles. The molecule has 122 valence electrons. The average Bonchev–Trinajstić information content (AvgIpc) is 2.57. The third-order valence-electron chi connectivity index (χ3n) is 3.53. The fourth-order valence-corrected chi connectivity index (χ4v) is 2.27. The number of carbonyl (C=O) groups excluding carboxylic acids is 1. The largest absolute Gasteiger partial charge is 0.497 e. The molecule has 1 amide bonds. The molecule has 2 rings (SSSR count). The van der Waals surface area contributed by atoms with Gasteiger partial charge in [0.05, 0.1) is 7.11 Å². The van der Waals surface area contributed by atoms with Gasteiger partial charge in [-0.2, -0.15) is 0 Å². The van der Waals surface area contributed by atoms with E-state index in [0.717, 1.165) is 11.3 Å². The van der Waals surface area contributed by atoms with Crippen molar-refractivity contribution in [1.82, 2.24) is 0 Å². The van der Waals surface area contributed by atoms with Gasteiger partial charge in [-0.05, 0) is 55.3 Å². The van der Waals surface area contributed by atoms with Gasteiger partial charge in [0.15, 0.2) is 6.10 Å². The maximum Gasteiger partial charge on any atom is 0.265 e. The number of benzene rings is 2. The first-order valence-corrected chi connectivity index (χ1v) is 7.79. The Balaban J connectivity index is 2.07.